The lowest BCUT2D eigenvalue weighted by molar-refractivity contribution is 0.161. The first-order chi connectivity index (χ1) is 9.61. The Labute approximate surface area is 132 Å². The van der Waals surface area contributed by atoms with Gasteiger partial charge in [-0.25, -0.2) is 0 Å². The number of rotatable bonds is 5. The van der Waals surface area contributed by atoms with Gasteiger partial charge in [-0.05, 0) is 28.8 Å². The van der Waals surface area contributed by atoms with Crippen molar-refractivity contribution < 1.29 is 9.84 Å². The molecular weight excluding hydrogens is 340 g/mol. The monoisotopic (exact) mass is 354 g/mol. The first kappa shape index (κ1) is 15.5. The molecule has 20 heavy (non-hydrogen) atoms. The molecular formula is C16H16BrClO2. The molecule has 0 fully saturated rings. The van der Waals surface area contributed by atoms with Crippen LogP contribution in [-0.4, -0.2) is 12.2 Å². The van der Waals surface area contributed by atoms with E-state index in [9.17, 15) is 5.11 Å². The van der Waals surface area contributed by atoms with Crippen LogP contribution in [0.4, 0.5) is 0 Å². The molecule has 4 heteroatoms. The van der Waals surface area contributed by atoms with Crippen molar-refractivity contribution in [2.24, 2.45) is 0 Å². The molecule has 0 bridgehead atoms. The highest BCUT2D eigenvalue weighted by Gasteiger charge is 2.14. The lowest BCUT2D eigenvalue weighted by atomic mass is 9.97. The van der Waals surface area contributed by atoms with Crippen LogP contribution in [0, 0.1) is 0 Å². The van der Waals surface area contributed by atoms with E-state index in [-0.39, 0.29) is 0 Å². The van der Waals surface area contributed by atoms with Crippen LogP contribution in [0.2, 0.25) is 5.02 Å². The van der Waals surface area contributed by atoms with Gasteiger partial charge in [0, 0.05) is 23.0 Å². The minimum absolute atomic E-state index is 0.479. The van der Waals surface area contributed by atoms with E-state index in [0.29, 0.717) is 18.1 Å². The second-order valence-electron chi connectivity index (χ2n) is 4.59. The van der Waals surface area contributed by atoms with E-state index in [1.807, 2.05) is 42.5 Å². The zero-order valence-corrected chi connectivity index (χ0v) is 13.5. The molecule has 2 rings (SSSR count). The lowest BCUT2D eigenvalue weighted by Gasteiger charge is -2.16. The summed E-state index contributed by atoms with van der Waals surface area (Å²) in [5.41, 5.74) is 2.80. The molecule has 0 spiro atoms. The molecule has 2 nitrogen and oxygen atoms in total. The number of hydrogen-bond acceptors (Lipinski definition) is 2. The summed E-state index contributed by atoms with van der Waals surface area (Å²) in [4.78, 5) is 0. The van der Waals surface area contributed by atoms with Crippen molar-refractivity contribution in [1.29, 1.82) is 0 Å². The standard InChI is InChI=1S/C16H16BrClO2/c1-20-10-12-4-2-3-5-14(12)16(19)8-11-6-7-13(17)9-15(11)18/h2-7,9,16,19H,8,10H2,1H3. The number of hydrogen-bond donors (Lipinski definition) is 1. The van der Waals surface area contributed by atoms with Crippen molar-refractivity contribution >= 4 is 27.5 Å². The van der Waals surface area contributed by atoms with E-state index in [1.54, 1.807) is 7.11 Å². The third-order valence-electron chi connectivity index (χ3n) is 3.14. The average molecular weight is 356 g/mol. The first-order valence-electron chi connectivity index (χ1n) is 6.30. The minimum Gasteiger partial charge on any atom is -0.388 e. The van der Waals surface area contributed by atoms with Gasteiger partial charge < -0.3 is 9.84 Å². The Kier molecular flexibility index (Phi) is 5.61. The number of methoxy groups -OCH3 is 1. The molecule has 2 aromatic carbocycles. The number of benzene rings is 2. The summed E-state index contributed by atoms with van der Waals surface area (Å²) in [5, 5.41) is 11.1. The molecule has 0 saturated heterocycles. The Balaban J connectivity index is 2.21. The average Bonchev–Trinajstić information content (AvgIpc) is 2.43. The summed E-state index contributed by atoms with van der Waals surface area (Å²) >= 11 is 9.57. The van der Waals surface area contributed by atoms with E-state index >= 15 is 0 Å². The van der Waals surface area contributed by atoms with Gasteiger partial charge in [0.2, 0.25) is 0 Å². The van der Waals surface area contributed by atoms with Gasteiger partial charge in [0.15, 0.2) is 0 Å². The normalized spacial score (nSPS) is 12.4. The zero-order chi connectivity index (χ0) is 14.5. The summed E-state index contributed by atoms with van der Waals surface area (Å²) in [5.74, 6) is 0. The molecule has 1 unspecified atom stereocenters. The maximum Gasteiger partial charge on any atom is 0.0834 e. The van der Waals surface area contributed by atoms with Crippen molar-refractivity contribution in [3.8, 4) is 0 Å². The highest BCUT2D eigenvalue weighted by molar-refractivity contribution is 9.10. The smallest absolute Gasteiger partial charge is 0.0834 e. The molecule has 1 N–H and O–H groups in total. The molecule has 0 radical (unpaired) electrons. The quantitative estimate of drug-likeness (QED) is 0.854. The first-order valence-corrected chi connectivity index (χ1v) is 7.47. The number of aliphatic hydroxyl groups is 1. The third-order valence-corrected chi connectivity index (χ3v) is 3.99. The summed E-state index contributed by atoms with van der Waals surface area (Å²) in [6.45, 7) is 0.487. The SMILES string of the molecule is COCc1ccccc1C(O)Cc1ccc(Br)cc1Cl. The highest BCUT2D eigenvalue weighted by Crippen LogP contribution is 2.27. The summed E-state index contributed by atoms with van der Waals surface area (Å²) < 4.78 is 6.10. The summed E-state index contributed by atoms with van der Waals surface area (Å²) in [6.07, 6.45) is -0.118. The summed E-state index contributed by atoms with van der Waals surface area (Å²) in [7, 11) is 1.65. The molecule has 0 saturated carbocycles. The van der Waals surface area contributed by atoms with Gasteiger partial charge in [-0.1, -0.05) is 57.9 Å². The Morgan fingerprint density at radius 3 is 2.65 bits per heavy atom. The molecule has 2 aromatic rings. The highest BCUT2D eigenvalue weighted by atomic mass is 79.9. The molecule has 0 heterocycles. The fourth-order valence-electron chi connectivity index (χ4n) is 2.15. The fraction of sp³-hybridized carbons (Fsp3) is 0.250. The van der Waals surface area contributed by atoms with Crippen molar-refractivity contribution in [2.45, 2.75) is 19.1 Å². The zero-order valence-electron chi connectivity index (χ0n) is 11.1. The van der Waals surface area contributed by atoms with Crippen molar-refractivity contribution in [2.75, 3.05) is 7.11 Å². The van der Waals surface area contributed by atoms with E-state index in [4.69, 9.17) is 16.3 Å². The molecule has 0 aliphatic heterocycles. The molecule has 0 aliphatic carbocycles. The van der Waals surface area contributed by atoms with Crippen LogP contribution >= 0.6 is 27.5 Å². The predicted octanol–water partition coefficient (Wildman–Crippen LogP) is 4.53. The van der Waals surface area contributed by atoms with Crippen LogP contribution in [0.3, 0.4) is 0 Å². The topological polar surface area (TPSA) is 29.5 Å². The van der Waals surface area contributed by atoms with Gasteiger partial charge >= 0.3 is 0 Å². The van der Waals surface area contributed by atoms with Gasteiger partial charge in [-0.3, -0.25) is 0 Å². The van der Waals surface area contributed by atoms with E-state index < -0.39 is 6.10 Å². The number of halogens is 2. The Morgan fingerprint density at radius 2 is 1.95 bits per heavy atom. The third kappa shape index (κ3) is 3.83. The van der Waals surface area contributed by atoms with E-state index in [1.165, 1.54) is 0 Å². The van der Waals surface area contributed by atoms with Gasteiger partial charge in [0.05, 0.1) is 12.7 Å². The molecule has 1 atom stereocenters. The Morgan fingerprint density at radius 1 is 1.20 bits per heavy atom. The Bertz CT molecular complexity index is 586. The predicted molar refractivity (Wildman–Crippen MR) is 85.0 cm³/mol. The van der Waals surface area contributed by atoms with E-state index in [0.717, 1.165) is 21.2 Å². The Hall–Kier alpha value is -0.870. The second kappa shape index (κ2) is 7.23. The van der Waals surface area contributed by atoms with Crippen molar-refractivity contribution in [3.05, 3.63) is 68.7 Å². The summed E-state index contributed by atoms with van der Waals surface area (Å²) in [6, 6.07) is 13.4. The maximum absolute atomic E-state index is 10.4. The largest absolute Gasteiger partial charge is 0.388 e. The van der Waals surface area contributed by atoms with E-state index in [2.05, 4.69) is 15.9 Å². The molecule has 0 amide bonds. The van der Waals surface area contributed by atoms with Gasteiger partial charge in [-0.2, -0.15) is 0 Å². The number of aliphatic hydroxyl groups excluding tert-OH is 1. The fourth-order valence-corrected chi connectivity index (χ4v) is 2.90. The van der Waals surface area contributed by atoms with Gasteiger partial charge in [0.25, 0.3) is 0 Å². The van der Waals surface area contributed by atoms with Crippen LogP contribution in [0.25, 0.3) is 0 Å². The van der Waals surface area contributed by atoms with Crippen molar-refractivity contribution in [3.63, 3.8) is 0 Å². The van der Waals surface area contributed by atoms with Crippen LogP contribution in [0.15, 0.2) is 46.9 Å². The van der Waals surface area contributed by atoms with Crippen LogP contribution in [-0.2, 0) is 17.8 Å². The molecule has 0 aliphatic rings. The van der Waals surface area contributed by atoms with Crippen LogP contribution < -0.4 is 0 Å². The van der Waals surface area contributed by atoms with Crippen molar-refractivity contribution in [1.82, 2.24) is 0 Å². The lowest BCUT2D eigenvalue weighted by Crippen LogP contribution is -2.06. The van der Waals surface area contributed by atoms with Crippen LogP contribution in [0.1, 0.15) is 22.8 Å². The van der Waals surface area contributed by atoms with Gasteiger partial charge in [-0.15, -0.1) is 0 Å². The second-order valence-corrected chi connectivity index (χ2v) is 5.91. The van der Waals surface area contributed by atoms with Gasteiger partial charge in [0.1, 0.15) is 0 Å². The molecule has 106 valence electrons. The minimum atomic E-state index is -0.597. The number of ether oxygens (including phenoxy) is 1. The molecule has 0 aromatic heterocycles. The van der Waals surface area contributed by atoms with Crippen LogP contribution in [0.5, 0.6) is 0 Å². The maximum atomic E-state index is 10.4.